The molecule has 0 aromatic carbocycles. The van der Waals surface area contributed by atoms with Gasteiger partial charge in [-0.15, -0.1) is 0 Å². The summed E-state index contributed by atoms with van der Waals surface area (Å²) in [4.78, 5) is 0.141. The van der Waals surface area contributed by atoms with Crippen LogP contribution in [0.1, 0.15) is 57.0 Å². The van der Waals surface area contributed by atoms with Crippen LogP contribution in [-0.2, 0) is 16.6 Å². The van der Waals surface area contributed by atoms with Crippen molar-refractivity contribution in [2.75, 3.05) is 0 Å². The normalized spacial score (nSPS) is 23.4. The van der Waals surface area contributed by atoms with Crippen LogP contribution in [0, 0.1) is 12.8 Å². The van der Waals surface area contributed by atoms with Crippen molar-refractivity contribution in [2.45, 2.75) is 69.9 Å². The predicted molar refractivity (Wildman–Crippen MR) is 80.3 cm³/mol. The highest BCUT2D eigenvalue weighted by Gasteiger charge is 2.27. The molecule has 0 spiro atoms. The van der Waals surface area contributed by atoms with Crippen LogP contribution in [-0.4, -0.2) is 19.6 Å². The predicted octanol–water partition coefficient (Wildman–Crippen LogP) is 2.72. The molecule has 0 unspecified atom stereocenters. The fourth-order valence-electron chi connectivity index (χ4n) is 3.13. The molecule has 0 saturated heterocycles. The van der Waals surface area contributed by atoms with Gasteiger partial charge < -0.3 is 9.52 Å². The fraction of sp³-hybridized carbons (Fsp3) is 0.733. The van der Waals surface area contributed by atoms with Crippen molar-refractivity contribution in [3.8, 4) is 0 Å². The van der Waals surface area contributed by atoms with Gasteiger partial charge in [-0.2, -0.15) is 0 Å². The molecular weight excluding hydrogens is 290 g/mol. The number of hydrogen-bond acceptors (Lipinski definition) is 4. The first kappa shape index (κ1) is 16.5. The fourth-order valence-corrected chi connectivity index (χ4v) is 4.64. The van der Waals surface area contributed by atoms with Crippen LogP contribution < -0.4 is 4.72 Å². The van der Waals surface area contributed by atoms with E-state index in [1.807, 2.05) is 0 Å². The van der Waals surface area contributed by atoms with Crippen molar-refractivity contribution in [2.24, 2.45) is 5.92 Å². The lowest BCUT2D eigenvalue weighted by Crippen LogP contribution is -2.37. The van der Waals surface area contributed by atoms with E-state index < -0.39 is 10.0 Å². The molecule has 1 aliphatic carbocycles. The largest absolute Gasteiger partial charge is 0.462 e. The molecule has 2 N–H and O–H groups in total. The summed E-state index contributed by atoms with van der Waals surface area (Å²) in [5.41, 5.74) is 0. The van der Waals surface area contributed by atoms with Gasteiger partial charge in [-0.05, 0) is 38.5 Å². The van der Waals surface area contributed by atoms with E-state index in [2.05, 4.69) is 11.6 Å². The van der Waals surface area contributed by atoms with Gasteiger partial charge in [-0.3, -0.25) is 0 Å². The van der Waals surface area contributed by atoms with Gasteiger partial charge in [-0.1, -0.05) is 19.8 Å². The third-order valence-electron chi connectivity index (χ3n) is 4.23. The van der Waals surface area contributed by atoms with Crippen molar-refractivity contribution in [3.63, 3.8) is 0 Å². The highest BCUT2D eigenvalue weighted by atomic mass is 32.2. The molecular formula is C15H25NO4S. The number of nitrogens with one attached hydrogen (secondary N) is 1. The first-order chi connectivity index (χ1) is 9.96. The lowest BCUT2D eigenvalue weighted by Gasteiger charge is -2.28. The van der Waals surface area contributed by atoms with E-state index >= 15 is 0 Å². The zero-order valence-electron chi connectivity index (χ0n) is 12.8. The molecule has 1 aromatic heterocycles. The Morgan fingerprint density at radius 3 is 2.52 bits per heavy atom. The van der Waals surface area contributed by atoms with Gasteiger partial charge in [0.15, 0.2) is 0 Å². The van der Waals surface area contributed by atoms with Crippen molar-refractivity contribution in [1.82, 2.24) is 4.72 Å². The van der Waals surface area contributed by atoms with Gasteiger partial charge in [-0.25, -0.2) is 13.1 Å². The summed E-state index contributed by atoms with van der Waals surface area (Å²) in [6.07, 6.45) is 6.40. The van der Waals surface area contributed by atoms with E-state index in [4.69, 9.17) is 9.52 Å². The van der Waals surface area contributed by atoms with E-state index in [9.17, 15) is 8.42 Å². The Morgan fingerprint density at radius 1 is 1.33 bits per heavy atom. The van der Waals surface area contributed by atoms with Gasteiger partial charge >= 0.3 is 0 Å². The van der Waals surface area contributed by atoms with E-state index in [-0.39, 0.29) is 23.3 Å². The van der Waals surface area contributed by atoms with Crippen LogP contribution in [0.5, 0.6) is 0 Å². The van der Waals surface area contributed by atoms with Crippen LogP contribution in [0.3, 0.4) is 0 Å². The van der Waals surface area contributed by atoms with Gasteiger partial charge in [0.1, 0.15) is 23.0 Å². The third-order valence-corrected chi connectivity index (χ3v) is 5.86. The first-order valence-electron chi connectivity index (χ1n) is 7.68. The Bertz CT molecular complexity index is 556. The highest BCUT2D eigenvalue weighted by Crippen LogP contribution is 2.29. The molecule has 0 atom stereocenters. The number of aliphatic hydroxyl groups excluding tert-OH is 1. The van der Waals surface area contributed by atoms with Crippen LogP contribution in [0.4, 0.5) is 0 Å². The number of furan rings is 1. The number of aliphatic hydroxyl groups is 1. The molecule has 6 heteroatoms. The average molecular weight is 315 g/mol. The average Bonchev–Trinajstić information content (AvgIpc) is 2.83. The minimum atomic E-state index is -3.56. The molecule has 0 bridgehead atoms. The maximum atomic E-state index is 12.4. The second kappa shape index (κ2) is 6.94. The summed E-state index contributed by atoms with van der Waals surface area (Å²) < 4.78 is 32.8. The molecule has 1 fully saturated rings. The molecule has 1 heterocycles. The molecule has 1 aromatic rings. The van der Waals surface area contributed by atoms with Crippen molar-refractivity contribution < 1.29 is 17.9 Å². The van der Waals surface area contributed by atoms with Crippen LogP contribution in [0.25, 0.3) is 0 Å². The first-order valence-corrected chi connectivity index (χ1v) is 9.17. The highest BCUT2D eigenvalue weighted by molar-refractivity contribution is 7.89. The summed E-state index contributed by atoms with van der Waals surface area (Å²) in [5.74, 6) is 1.35. The minimum absolute atomic E-state index is 0.00924. The maximum Gasteiger partial charge on any atom is 0.244 e. The second-order valence-corrected chi connectivity index (χ2v) is 7.60. The molecule has 2 rings (SSSR count). The van der Waals surface area contributed by atoms with E-state index in [0.29, 0.717) is 5.76 Å². The zero-order valence-corrected chi connectivity index (χ0v) is 13.6. The maximum absolute atomic E-state index is 12.4. The Kier molecular flexibility index (Phi) is 5.46. The number of rotatable bonds is 6. The Labute approximate surface area is 126 Å². The summed E-state index contributed by atoms with van der Waals surface area (Å²) in [6, 6.07) is 1.41. The Morgan fingerprint density at radius 2 is 2.00 bits per heavy atom. The van der Waals surface area contributed by atoms with E-state index in [1.165, 1.54) is 18.9 Å². The quantitative estimate of drug-likeness (QED) is 0.846. The van der Waals surface area contributed by atoms with Gasteiger partial charge in [0, 0.05) is 12.1 Å². The summed E-state index contributed by atoms with van der Waals surface area (Å²) in [6.45, 7) is 3.50. The molecule has 21 heavy (non-hydrogen) atoms. The molecule has 0 radical (unpaired) electrons. The lowest BCUT2D eigenvalue weighted by atomic mass is 9.84. The minimum Gasteiger partial charge on any atom is -0.462 e. The van der Waals surface area contributed by atoms with Gasteiger partial charge in [0.2, 0.25) is 10.0 Å². The topological polar surface area (TPSA) is 79.5 Å². The molecule has 1 aliphatic rings. The van der Waals surface area contributed by atoms with E-state index in [1.54, 1.807) is 6.92 Å². The van der Waals surface area contributed by atoms with Crippen molar-refractivity contribution in [3.05, 3.63) is 17.6 Å². The van der Waals surface area contributed by atoms with Crippen molar-refractivity contribution >= 4 is 10.0 Å². The smallest absolute Gasteiger partial charge is 0.244 e. The van der Waals surface area contributed by atoms with Crippen LogP contribution in [0.2, 0.25) is 0 Å². The van der Waals surface area contributed by atoms with Crippen molar-refractivity contribution in [1.29, 1.82) is 0 Å². The number of sulfonamides is 1. The molecule has 1 saturated carbocycles. The van der Waals surface area contributed by atoms with Crippen LogP contribution >= 0.6 is 0 Å². The van der Waals surface area contributed by atoms with Gasteiger partial charge in [0.25, 0.3) is 0 Å². The summed E-state index contributed by atoms with van der Waals surface area (Å²) in [7, 11) is -3.56. The second-order valence-electron chi connectivity index (χ2n) is 5.92. The molecule has 0 amide bonds. The molecule has 120 valence electrons. The number of aryl methyl sites for hydroxylation is 1. The number of hydrogen-bond donors (Lipinski definition) is 2. The zero-order chi connectivity index (χ0) is 15.5. The summed E-state index contributed by atoms with van der Waals surface area (Å²) >= 11 is 0. The Balaban J connectivity index is 2.00. The molecule has 5 nitrogen and oxygen atoms in total. The third kappa shape index (κ3) is 4.08. The standard InChI is InChI=1S/C15H25NO4S/c1-3-4-12-5-7-13(8-6-12)16-21(18,19)15-9-14(10-17)20-11(15)2/h9,12-13,16-17H,3-8,10H2,1-2H3. The Hall–Kier alpha value is -0.850. The van der Waals surface area contributed by atoms with Gasteiger partial charge in [0.05, 0.1) is 0 Å². The lowest BCUT2D eigenvalue weighted by molar-refractivity contribution is 0.244. The SMILES string of the molecule is CCCC1CCC(NS(=O)(=O)c2cc(CO)oc2C)CC1. The molecule has 0 aliphatic heterocycles. The van der Waals surface area contributed by atoms with Crippen LogP contribution in [0.15, 0.2) is 15.4 Å². The monoisotopic (exact) mass is 315 g/mol. The van der Waals surface area contributed by atoms with E-state index in [0.717, 1.165) is 31.6 Å². The summed E-state index contributed by atoms with van der Waals surface area (Å²) in [5, 5.41) is 9.03.